The minimum Gasteiger partial charge on any atom is -0.354 e. The first-order valence-corrected chi connectivity index (χ1v) is 6.10. The molecule has 2 aromatic rings. The van der Waals surface area contributed by atoms with Crippen LogP contribution in [-0.4, -0.2) is 16.5 Å². The van der Waals surface area contributed by atoms with Gasteiger partial charge in [-0.3, -0.25) is 4.79 Å². The maximum Gasteiger partial charge on any atom is 0.221 e. The van der Waals surface area contributed by atoms with Crippen LogP contribution in [0.2, 0.25) is 0 Å². The van der Waals surface area contributed by atoms with Crippen LogP contribution in [-0.2, 0) is 11.3 Å². The van der Waals surface area contributed by atoms with Gasteiger partial charge < -0.3 is 9.88 Å². The third-order valence-electron chi connectivity index (χ3n) is 2.76. The van der Waals surface area contributed by atoms with Crippen LogP contribution < -0.4 is 5.32 Å². The largest absolute Gasteiger partial charge is 0.354 e. The zero-order chi connectivity index (χ0) is 13.1. The van der Waals surface area contributed by atoms with E-state index in [4.69, 9.17) is 0 Å². The number of aromatic nitrogens is 1. The smallest absolute Gasteiger partial charge is 0.221 e. The van der Waals surface area contributed by atoms with E-state index >= 15 is 0 Å². The van der Waals surface area contributed by atoms with Gasteiger partial charge >= 0.3 is 0 Å². The van der Waals surface area contributed by atoms with Crippen molar-refractivity contribution in [3.05, 3.63) is 36.3 Å². The minimum absolute atomic E-state index is 0.0361. The second kappa shape index (κ2) is 5.21. The zero-order valence-electron chi connectivity index (χ0n) is 10.6. The van der Waals surface area contributed by atoms with Gasteiger partial charge in [-0.1, -0.05) is 0 Å². The van der Waals surface area contributed by atoms with E-state index in [2.05, 4.69) is 5.32 Å². The van der Waals surface area contributed by atoms with Gasteiger partial charge in [-0.2, -0.15) is 0 Å². The summed E-state index contributed by atoms with van der Waals surface area (Å²) in [4.78, 5) is 11.6. The Labute approximate surface area is 106 Å². The van der Waals surface area contributed by atoms with Crippen LogP contribution in [0, 0.1) is 5.82 Å². The van der Waals surface area contributed by atoms with Crippen molar-refractivity contribution < 1.29 is 9.18 Å². The Balaban J connectivity index is 2.06. The van der Waals surface area contributed by atoms with Gasteiger partial charge in [-0.15, -0.1) is 0 Å². The lowest BCUT2D eigenvalue weighted by Gasteiger charge is -2.09. The van der Waals surface area contributed by atoms with Crippen molar-refractivity contribution in [2.45, 2.75) is 32.9 Å². The first-order valence-electron chi connectivity index (χ1n) is 6.10. The highest BCUT2D eigenvalue weighted by Crippen LogP contribution is 2.17. The lowest BCUT2D eigenvalue weighted by molar-refractivity contribution is -0.121. The summed E-state index contributed by atoms with van der Waals surface area (Å²) in [6, 6.07) is 6.70. The fourth-order valence-corrected chi connectivity index (χ4v) is 1.98. The molecule has 0 radical (unpaired) electrons. The van der Waals surface area contributed by atoms with Crippen LogP contribution in [0.15, 0.2) is 30.5 Å². The van der Waals surface area contributed by atoms with E-state index in [1.165, 1.54) is 12.1 Å². The standard InChI is InChI=1S/C14H17FN2O/c1-10(2)16-14(18)6-8-17-7-5-11-9-12(15)3-4-13(11)17/h3-5,7,9-10H,6,8H2,1-2H3,(H,16,18). The maximum absolute atomic E-state index is 13.0. The Bertz CT molecular complexity index is 560. The molecule has 2 rings (SSSR count). The van der Waals surface area contributed by atoms with Crippen molar-refractivity contribution in [3.8, 4) is 0 Å². The summed E-state index contributed by atoms with van der Waals surface area (Å²) in [6.45, 7) is 4.48. The van der Waals surface area contributed by atoms with E-state index < -0.39 is 0 Å². The number of aryl methyl sites for hydroxylation is 1. The molecule has 1 aromatic carbocycles. The zero-order valence-corrected chi connectivity index (χ0v) is 10.6. The number of hydrogen-bond acceptors (Lipinski definition) is 1. The normalized spacial score (nSPS) is 11.1. The third-order valence-corrected chi connectivity index (χ3v) is 2.76. The van der Waals surface area contributed by atoms with Gasteiger partial charge in [0.15, 0.2) is 0 Å². The Morgan fingerprint density at radius 2 is 2.17 bits per heavy atom. The van der Waals surface area contributed by atoms with E-state index in [0.717, 1.165) is 10.9 Å². The average Bonchev–Trinajstić information content (AvgIpc) is 2.67. The van der Waals surface area contributed by atoms with Gasteiger partial charge in [-0.05, 0) is 38.1 Å². The van der Waals surface area contributed by atoms with E-state index in [-0.39, 0.29) is 17.8 Å². The topological polar surface area (TPSA) is 34.0 Å². The number of fused-ring (bicyclic) bond motifs is 1. The molecule has 0 atom stereocenters. The SMILES string of the molecule is CC(C)NC(=O)CCn1ccc2cc(F)ccc21. The number of carbonyl (C=O) groups is 1. The van der Waals surface area contributed by atoms with Gasteiger partial charge in [0.25, 0.3) is 0 Å². The molecule has 0 saturated heterocycles. The fraction of sp³-hybridized carbons (Fsp3) is 0.357. The number of hydrogen-bond donors (Lipinski definition) is 1. The summed E-state index contributed by atoms with van der Waals surface area (Å²) in [5, 5.41) is 3.71. The van der Waals surface area contributed by atoms with Crippen molar-refractivity contribution >= 4 is 16.8 Å². The van der Waals surface area contributed by atoms with Crippen LogP contribution in [0.1, 0.15) is 20.3 Å². The molecule has 0 unspecified atom stereocenters. The number of nitrogens with one attached hydrogen (secondary N) is 1. The van der Waals surface area contributed by atoms with Gasteiger partial charge in [0, 0.05) is 36.1 Å². The molecular formula is C14H17FN2O. The summed E-state index contributed by atoms with van der Waals surface area (Å²) in [5.41, 5.74) is 0.953. The molecule has 4 heteroatoms. The highest BCUT2D eigenvalue weighted by molar-refractivity contribution is 5.80. The highest BCUT2D eigenvalue weighted by atomic mass is 19.1. The molecule has 18 heavy (non-hydrogen) atoms. The van der Waals surface area contributed by atoms with Crippen LogP contribution in [0.5, 0.6) is 0 Å². The molecule has 1 aromatic heterocycles. The fourth-order valence-electron chi connectivity index (χ4n) is 1.98. The van der Waals surface area contributed by atoms with Crippen LogP contribution in [0.3, 0.4) is 0 Å². The Morgan fingerprint density at radius 3 is 2.89 bits per heavy atom. The van der Waals surface area contributed by atoms with Crippen molar-refractivity contribution in [1.29, 1.82) is 0 Å². The lowest BCUT2D eigenvalue weighted by atomic mass is 10.2. The van der Waals surface area contributed by atoms with E-state index in [9.17, 15) is 9.18 Å². The van der Waals surface area contributed by atoms with Crippen molar-refractivity contribution in [2.75, 3.05) is 0 Å². The second-order valence-electron chi connectivity index (χ2n) is 4.68. The quantitative estimate of drug-likeness (QED) is 0.886. The molecule has 0 spiro atoms. The summed E-state index contributed by atoms with van der Waals surface area (Å²) in [5.74, 6) is -0.202. The van der Waals surface area contributed by atoms with E-state index in [1.54, 1.807) is 6.07 Å². The molecule has 0 fully saturated rings. The molecule has 0 aliphatic carbocycles. The molecule has 1 N–H and O–H groups in total. The van der Waals surface area contributed by atoms with Gasteiger partial charge in [0.1, 0.15) is 5.82 Å². The molecule has 0 bridgehead atoms. The number of nitrogens with zero attached hydrogens (tertiary/aromatic N) is 1. The van der Waals surface area contributed by atoms with Crippen molar-refractivity contribution in [3.63, 3.8) is 0 Å². The maximum atomic E-state index is 13.0. The molecule has 0 saturated carbocycles. The number of amides is 1. The van der Waals surface area contributed by atoms with Crippen LogP contribution in [0.4, 0.5) is 4.39 Å². The van der Waals surface area contributed by atoms with Gasteiger partial charge in [-0.25, -0.2) is 4.39 Å². The highest BCUT2D eigenvalue weighted by Gasteiger charge is 2.06. The van der Waals surface area contributed by atoms with Gasteiger partial charge in [0.2, 0.25) is 5.91 Å². The first-order chi connectivity index (χ1) is 8.56. The summed E-state index contributed by atoms with van der Waals surface area (Å²) >= 11 is 0. The number of carbonyl (C=O) groups excluding carboxylic acids is 1. The average molecular weight is 248 g/mol. The Hall–Kier alpha value is -1.84. The first kappa shape index (κ1) is 12.6. The van der Waals surface area contributed by atoms with E-state index in [1.807, 2.05) is 30.7 Å². The van der Waals surface area contributed by atoms with Crippen LogP contribution in [0.25, 0.3) is 10.9 Å². The Kier molecular flexibility index (Phi) is 3.65. The summed E-state index contributed by atoms with van der Waals surface area (Å²) < 4.78 is 15.0. The molecule has 1 heterocycles. The minimum atomic E-state index is -0.238. The summed E-state index contributed by atoms with van der Waals surface area (Å²) in [7, 11) is 0. The molecule has 0 aliphatic rings. The monoisotopic (exact) mass is 248 g/mol. The molecule has 1 amide bonds. The van der Waals surface area contributed by atoms with Gasteiger partial charge in [0.05, 0.1) is 0 Å². The Morgan fingerprint density at radius 1 is 1.39 bits per heavy atom. The molecule has 0 aliphatic heterocycles. The second-order valence-corrected chi connectivity index (χ2v) is 4.68. The molecule has 96 valence electrons. The number of benzene rings is 1. The predicted octanol–water partition coefficient (Wildman–Crippen LogP) is 2.70. The predicted molar refractivity (Wildman–Crippen MR) is 69.8 cm³/mol. The van der Waals surface area contributed by atoms with Crippen molar-refractivity contribution in [1.82, 2.24) is 9.88 Å². The summed E-state index contributed by atoms with van der Waals surface area (Å²) in [6.07, 6.45) is 2.31. The molecule has 3 nitrogen and oxygen atoms in total. The lowest BCUT2D eigenvalue weighted by Crippen LogP contribution is -2.30. The van der Waals surface area contributed by atoms with Crippen LogP contribution >= 0.6 is 0 Å². The van der Waals surface area contributed by atoms with E-state index in [0.29, 0.717) is 13.0 Å². The third kappa shape index (κ3) is 2.88. The number of rotatable bonds is 4. The number of halogens is 1. The molecular weight excluding hydrogens is 231 g/mol. The van der Waals surface area contributed by atoms with Crippen molar-refractivity contribution in [2.24, 2.45) is 0 Å².